The monoisotopic (exact) mass is 366 g/mol. The number of aliphatic carboxylic acids is 2. The van der Waals surface area contributed by atoms with E-state index in [0.717, 1.165) is 17.6 Å². The quantitative estimate of drug-likeness (QED) is 0.717. The summed E-state index contributed by atoms with van der Waals surface area (Å²) < 4.78 is 1.11. The van der Waals surface area contributed by atoms with E-state index in [2.05, 4.69) is 56.6 Å². The molecule has 0 aliphatic carbocycles. The predicted molar refractivity (Wildman–Crippen MR) is 84.2 cm³/mol. The highest BCUT2D eigenvalue weighted by molar-refractivity contribution is 9.10. The van der Waals surface area contributed by atoms with Crippen LogP contribution in [0.4, 0.5) is 0 Å². The molecule has 0 aliphatic rings. The number of hydrogen-bond donors (Lipinski definition) is 3. The number of nitrogens with zero attached hydrogens (tertiary/aromatic N) is 1. The number of carboxylic acids is 2. The van der Waals surface area contributed by atoms with Gasteiger partial charge in [0, 0.05) is 30.0 Å². The SMILES string of the molecule is Brc1ccc(CNCc2cccnc2)cc1.O=C(O)C(=O)O. The summed E-state index contributed by atoms with van der Waals surface area (Å²) in [4.78, 5) is 22.3. The van der Waals surface area contributed by atoms with Gasteiger partial charge < -0.3 is 15.5 Å². The van der Waals surface area contributed by atoms with Gasteiger partial charge in [-0.25, -0.2) is 9.59 Å². The Hall–Kier alpha value is -2.25. The summed E-state index contributed by atoms with van der Waals surface area (Å²) in [6, 6.07) is 12.4. The molecule has 22 heavy (non-hydrogen) atoms. The standard InChI is InChI=1S/C13H13BrN2.C2H2O4/c14-13-5-3-11(4-6-13)8-16-10-12-2-1-7-15-9-12;3-1(4)2(5)6/h1-7,9,16H,8,10H2;(H,3,4)(H,5,6). The highest BCUT2D eigenvalue weighted by Gasteiger charge is 2.04. The summed E-state index contributed by atoms with van der Waals surface area (Å²) in [5, 5.41) is 18.2. The average molecular weight is 367 g/mol. The topological polar surface area (TPSA) is 99.5 Å². The van der Waals surface area contributed by atoms with Crippen molar-refractivity contribution >= 4 is 27.9 Å². The maximum Gasteiger partial charge on any atom is 0.414 e. The van der Waals surface area contributed by atoms with E-state index in [1.807, 2.05) is 12.3 Å². The Kier molecular flexibility index (Phi) is 7.80. The van der Waals surface area contributed by atoms with Gasteiger partial charge in [0.1, 0.15) is 0 Å². The molecular formula is C15H15BrN2O4. The number of carbonyl (C=O) groups is 2. The average Bonchev–Trinajstić information content (AvgIpc) is 2.51. The molecule has 0 fully saturated rings. The maximum atomic E-state index is 9.10. The fourth-order valence-corrected chi connectivity index (χ4v) is 1.72. The Bertz CT molecular complexity index is 591. The van der Waals surface area contributed by atoms with Crippen LogP contribution in [0.1, 0.15) is 11.1 Å². The molecule has 3 N–H and O–H groups in total. The van der Waals surface area contributed by atoms with Gasteiger partial charge >= 0.3 is 11.9 Å². The van der Waals surface area contributed by atoms with Gasteiger partial charge in [-0.05, 0) is 29.3 Å². The lowest BCUT2D eigenvalue weighted by molar-refractivity contribution is -0.159. The van der Waals surface area contributed by atoms with E-state index >= 15 is 0 Å². The van der Waals surface area contributed by atoms with Crippen LogP contribution in [0.5, 0.6) is 0 Å². The van der Waals surface area contributed by atoms with Gasteiger partial charge in [-0.15, -0.1) is 0 Å². The number of nitrogens with one attached hydrogen (secondary N) is 1. The van der Waals surface area contributed by atoms with Crippen molar-refractivity contribution in [3.05, 3.63) is 64.4 Å². The third-order valence-electron chi connectivity index (χ3n) is 2.48. The van der Waals surface area contributed by atoms with Crippen molar-refractivity contribution in [2.75, 3.05) is 0 Å². The van der Waals surface area contributed by atoms with Crippen molar-refractivity contribution < 1.29 is 19.8 Å². The Morgan fingerprint density at radius 2 is 1.59 bits per heavy atom. The molecule has 0 bridgehead atoms. The van der Waals surface area contributed by atoms with Crippen LogP contribution in [0.2, 0.25) is 0 Å². The van der Waals surface area contributed by atoms with Gasteiger partial charge in [-0.3, -0.25) is 4.98 Å². The summed E-state index contributed by atoms with van der Waals surface area (Å²) in [5.74, 6) is -3.65. The zero-order valence-electron chi connectivity index (χ0n) is 11.6. The number of carboxylic acid groups (broad SMARTS) is 2. The Morgan fingerprint density at radius 3 is 2.09 bits per heavy atom. The lowest BCUT2D eigenvalue weighted by Crippen LogP contribution is -2.12. The van der Waals surface area contributed by atoms with Crippen LogP contribution in [0.25, 0.3) is 0 Å². The van der Waals surface area contributed by atoms with E-state index in [4.69, 9.17) is 19.8 Å². The zero-order valence-corrected chi connectivity index (χ0v) is 13.2. The molecule has 0 saturated heterocycles. The summed E-state index contributed by atoms with van der Waals surface area (Å²) in [6.45, 7) is 1.73. The fraction of sp³-hybridized carbons (Fsp3) is 0.133. The predicted octanol–water partition coefficient (Wildman–Crippen LogP) is 2.29. The summed E-state index contributed by atoms with van der Waals surface area (Å²) in [6.07, 6.45) is 3.67. The van der Waals surface area contributed by atoms with Gasteiger partial charge in [0.05, 0.1) is 0 Å². The molecule has 0 saturated carbocycles. The first-order valence-corrected chi connectivity index (χ1v) is 7.08. The van der Waals surface area contributed by atoms with E-state index in [-0.39, 0.29) is 0 Å². The van der Waals surface area contributed by atoms with Crippen molar-refractivity contribution in [1.29, 1.82) is 0 Å². The fourth-order valence-electron chi connectivity index (χ4n) is 1.46. The van der Waals surface area contributed by atoms with Gasteiger partial charge in [0.25, 0.3) is 0 Å². The molecule has 0 amide bonds. The highest BCUT2D eigenvalue weighted by Crippen LogP contribution is 2.10. The first kappa shape index (κ1) is 17.8. The van der Waals surface area contributed by atoms with Crippen LogP contribution in [-0.4, -0.2) is 27.1 Å². The third-order valence-corrected chi connectivity index (χ3v) is 3.01. The van der Waals surface area contributed by atoms with Crippen LogP contribution in [0.15, 0.2) is 53.3 Å². The normalized spacial score (nSPS) is 9.50. The van der Waals surface area contributed by atoms with Crippen LogP contribution in [0.3, 0.4) is 0 Å². The van der Waals surface area contributed by atoms with Crippen molar-refractivity contribution in [3.8, 4) is 0 Å². The summed E-state index contributed by atoms with van der Waals surface area (Å²) in [7, 11) is 0. The third kappa shape index (κ3) is 7.51. The minimum absolute atomic E-state index is 0.851. The van der Waals surface area contributed by atoms with Crippen molar-refractivity contribution in [3.63, 3.8) is 0 Å². The largest absolute Gasteiger partial charge is 0.473 e. The number of pyridine rings is 1. The van der Waals surface area contributed by atoms with Crippen molar-refractivity contribution in [2.45, 2.75) is 13.1 Å². The van der Waals surface area contributed by atoms with Gasteiger partial charge in [-0.1, -0.05) is 34.1 Å². The van der Waals surface area contributed by atoms with E-state index < -0.39 is 11.9 Å². The minimum Gasteiger partial charge on any atom is -0.473 e. The van der Waals surface area contributed by atoms with Crippen molar-refractivity contribution in [1.82, 2.24) is 10.3 Å². The number of hydrogen-bond acceptors (Lipinski definition) is 4. The van der Waals surface area contributed by atoms with Crippen molar-refractivity contribution in [2.24, 2.45) is 0 Å². The van der Waals surface area contributed by atoms with E-state index in [0.29, 0.717) is 0 Å². The van der Waals surface area contributed by atoms with Gasteiger partial charge in [-0.2, -0.15) is 0 Å². The molecule has 0 atom stereocenters. The van der Waals surface area contributed by atoms with E-state index in [9.17, 15) is 0 Å². The van der Waals surface area contributed by atoms with Crippen LogP contribution >= 0.6 is 15.9 Å². The van der Waals surface area contributed by atoms with E-state index in [1.165, 1.54) is 11.1 Å². The molecule has 6 nitrogen and oxygen atoms in total. The number of rotatable bonds is 4. The second-order valence-corrected chi connectivity index (χ2v) is 5.12. The van der Waals surface area contributed by atoms with Crippen LogP contribution in [0, 0.1) is 0 Å². The van der Waals surface area contributed by atoms with Gasteiger partial charge in [0.15, 0.2) is 0 Å². The number of benzene rings is 1. The molecule has 0 radical (unpaired) electrons. The second kappa shape index (κ2) is 9.64. The van der Waals surface area contributed by atoms with Crippen LogP contribution < -0.4 is 5.32 Å². The molecule has 2 rings (SSSR count). The Balaban J connectivity index is 0.000000346. The first-order chi connectivity index (χ1) is 10.5. The van der Waals surface area contributed by atoms with Gasteiger partial charge in [0.2, 0.25) is 0 Å². The number of halogens is 1. The molecule has 1 aromatic heterocycles. The summed E-state index contributed by atoms with van der Waals surface area (Å²) >= 11 is 3.42. The number of aromatic nitrogens is 1. The lowest BCUT2D eigenvalue weighted by atomic mass is 10.2. The molecule has 116 valence electrons. The maximum absolute atomic E-state index is 9.10. The molecule has 0 spiro atoms. The second-order valence-electron chi connectivity index (χ2n) is 4.20. The molecule has 1 heterocycles. The minimum atomic E-state index is -1.82. The Morgan fingerprint density at radius 1 is 1.00 bits per heavy atom. The molecule has 0 unspecified atom stereocenters. The molecular weight excluding hydrogens is 352 g/mol. The molecule has 7 heteroatoms. The summed E-state index contributed by atoms with van der Waals surface area (Å²) in [5.41, 5.74) is 2.49. The smallest absolute Gasteiger partial charge is 0.414 e. The molecule has 1 aromatic carbocycles. The zero-order chi connectivity index (χ0) is 16.4. The molecule has 2 aromatic rings. The first-order valence-electron chi connectivity index (χ1n) is 6.29. The molecule has 0 aliphatic heterocycles. The highest BCUT2D eigenvalue weighted by atomic mass is 79.9. The Labute approximate surface area is 136 Å². The van der Waals surface area contributed by atoms with Crippen LogP contribution in [-0.2, 0) is 22.7 Å². The van der Waals surface area contributed by atoms with E-state index in [1.54, 1.807) is 6.20 Å². The lowest BCUT2D eigenvalue weighted by Gasteiger charge is -2.04.